The molecule has 17 heavy (non-hydrogen) atoms. The summed E-state index contributed by atoms with van der Waals surface area (Å²) in [6.45, 7) is 8.26. The molecule has 0 radical (unpaired) electrons. The van der Waals surface area contributed by atoms with E-state index in [1.54, 1.807) is 14.2 Å². The third-order valence-corrected chi connectivity index (χ3v) is 3.47. The molecule has 0 aliphatic carbocycles. The van der Waals surface area contributed by atoms with Crippen molar-refractivity contribution in [3.05, 3.63) is 0 Å². The molecule has 2 atom stereocenters. The normalized spacial score (nSPS) is 25.4. The van der Waals surface area contributed by atoms with E-state index in [4.69, 9.17) is 9.47 Å². The number of hydrogen-bond acceptors (Lipinski definition) is 4. The molecule has 1 heterocycles. The highest BCUT2D eigenvalue weighted by atomic mass is 16.5. The fourth-order valence-corrected chi connectivity index (χ4v) is 2.50. The van der Waals surface area contributed by atoms with Crippen LogP contribution in [-0.4, -0.2) is 64.6 Å². The summed E-state index contributed by atoms with van der Waals surface area (Å²) in [6, 6.07) is 0.667. The minimum atomic E-state index is 0.667. The van der Waals surface area contributed by atoms with Crippen LogP contribution in [0.4, 0.5) is 0 Å². The first-order valence-electron chi connectivity index (χ1n) is 6.70. The van der Waals surface area contributed by atoms with Crippen LogP contribution in [0.2, 0.25) is 0 Å². The summed E-state index contributed by atoms with van der Waals surface area (Å²) in [5.41, 5.74) is 0. The molecule has 102 valence electrons. The average molecular weight is 244 g/mol. The predicted molar refractivity (Wildman–Crippen MR) is 70.4 cm³/mol. The monoisotopic (exact) mass is 244 g/mol. The van der Waals surface area contributed by atoms with Crippen LogP contribution in [0.3, 0.4) is 0 Å². The van der Waals surface area contributed by atoms with Crippen molar-refractivity contribution in [1.29, 1.82) is 0 Å². The highest BCUT2D eigenvalue weighted by Crippen LogP contribution is 2.17. The van der Waals surface area contributed by atoms with E-state index in [-0.39, 0.29) is 0 Å². The molecule has 0 spiro atoms. The third kappa shape index (κ3) is 6.36. The van der Waals surface area contributed by atoms with Crippen LogP contribution in [0.15, 0.2) is 0 Å². The molecule has 0 saturated carbocycles. The molecule has 4 heteroatoms. The van der Waals surface area contributed by atoms with Crippen molar-refractivity contribution in [3.63, 3.8) is 0 Å². The molecule has 0 amide bonds. The standard InChI is InChI=1S/C13H28N2O2/c1-12-10-13(4-5-14-12)11-15(6-8-16-2)7-9-17-3/h12-14H,4-11H2,1-3H3. The van der Waals surface area contributed by atoms with Gasteiger partial charge in [-0.2, -0.15) is 0 Å². The third-order valence-electron chi connectivity index (χ3n) is 3.47. The Hall–Kier alpha value is -0.160. The highest BCUT2D eigenvalue weighted by Gasteiger charge is 2.20. The summed E-state index contributed by atoms with van der Waals surface area (Å²) in [6.07, 6.45) is 2.58. The lowest BCUT2D eigenvalue weighted by Gasteiger charge is -2.32. The van der Waals surface area contributed by atoms with E-state index in [0.717, 1.165) is 38.8 Å². The van der Waals surface area contributed by atoms with Gasteiger partial charge in [0.2, 0.25) is 0 Å². The molecule has 1 saturated heterocycles. The first kappa shape index (κ1) is 14.9. The second kappa shape index (κ2) is 8.86. The van der Waals surface area contributed by atoms with Crippen molar-refractivity contribution in [2.24, 2.45) is 5.92 Å². The van der Waals surface area contributed by atoms with E-state index >= 15 is 0 Å². The maximum atomic E-state index is 5.17. The van der Waals surface area contributed by atoms with Crippen molar-refractivity contribution in [3.8, 4) is 0 Å². The van der Waals surface area contributed by atoms with Crippen molar-refractivity contribution >= 4 is 0 Å². The maximum Gasteiger partial charge on any atom is 0.0589 e. The van der Waals surface area contributed by atoms with Crippen LogP contribution in [0.5, 0.6) is 0 Å². The van der Waals surface area contributed by atoms with Crippen molar-refractivity contribution in [2.75, 3.05) is 53.6 Å². The molecule has 2 unspecified atom stereocenters. The minimum absolute atomic E-state index is 0.667. The molecular formula is C13H28N2O2. The van der Waals surface area contributed by atoms with E-state index in [2.05, 4.69) is 17.1 Å². The van der Waals surface area contributed by atoms with Gasteiger partial charge in [0.1, 0.15) is 0 Å². The number of ether oxygens (including phenoxy) is 2. The van der Waals surface area contributed by atoms with E-state index in [1.165, 1.54) is 19.4 Å². The second-order valence-electron chi connectivity index (χ2n) is 5.03. The largest absolute Gasteiger partial charge is 0.383 e. The first-order chi connectivity index (χ1) is 8.26. The van der Waals surface area contributed by atoms with Crippen molar-refractivity contribution in [2.45, 2.75) is 25.8 Å². The van der Waals surface area contributed by atoms with Crippen LogP contribution in [0.1, 0.15) is 19.8 Å². The fraction of sp³-hybridized carbons (Fsp3) is 1.00. The van der Waals surface area contributed by atoms with Gasteiger partial charge in [-0.25, -0.2) is 0 Å². The molecule has 1 fully saturated rings. The molecule has 4 nitrogen and oxygen atoms in total. The number of hydrogen-bond donors (Lipinski definition) is 1. The Labute approximate surface area is 106 Å². The molecule has 0 aromatic rings. The lowest BCUT2D eigenvalue weighted by molar-refractivity contribution is 0.0968. The molecular weight excluding hydrogens is 216 g/mol. The lowest BCUT2D eigenvalue weighted by atomic mass is 9.93. The molecule has 1 aliphatic heterocycles. The van der Waals surface area contributed by atoms with Gasteiger partial charge in [0, 0.05) is 39.9 Å². The smallest absolute Gasteiger partial charge is 0.0589 e. The number of nitrogens with one attached hydrogen (secondary N) is 1. The molecule has 1 rings (SSSR count). The Bertz CT molecular complexity index is 182. The van der Waals surface area contributed by atoms with Gasteiger partial charge in [0.15, 0.2) is 0 Å². The summed E-state index contributed by atoms with van der Waals surface area (Å²) in [5.74, 6) is 0.819. The van der Waals surface area contributed by atoms with Crippen LogP contribution in [-0.2, 0) is 9.47 Å². The van der Waals surface area contributed by atoms with Gasteiger partial charge in [-0.15, -0.1) is 0 Å². The summed E-state index contributed by atoms with van der Waals surface area (Å²) < 4.78 is 10.3. The van der Waals surface area contributed by atoms with E-state index in [1.807, 2.05) is 0 Å². The molecule has 1 aliphatic rings. The Balaban J connectivity index is 2.29. The van der Waals surface area contributed by atoms with Crippen molar-refractivity contribution < 1.29 is 9.47 Å². The van der Waals surface area contributed by atoms with Crippen LogP contribution in [0.25, 0.3) is 0 Å². The summed E-state index contributed by atoms with van der Waals surface area (Å²) in [5, 5.41) is 3.50. The van der Waals surface area contributed by atoms with E-state index < -0.39 is 0 Å². The second-order valence-corrected chi connectivity index (χ2v) is 5.03. The average Bonchev–Trinajstić information content (AvgIpc) is 2.32. The van der Waals surface area contributed by atoms with Gasteiger partial charge in [0.25, 0.3) is 0 Å². The van der Waals surface area contributed by atoms with Gasteiger partial charge in [-0.05, 0) is 32.2 Å². The van der Waals surface area contributed by atoms with Gasteiger partial charge < -0.3 is 14.8 Å². The first-order valence-corrected chi connectivity index (χ1v) is 6.70. The van der Waals surface area contributed by atoms with Gasteiger partial charge in [-0.1, -0.05) is 0 Å². The zero-order chi connectivity index (χ0) is 12.5. The van der Waals surface area contributed by atoms with Gasteiger partial charge in [-0.3, -0.25) is 4.90 Å². The quantitative estimate of drug-likeness (QED) is 0.690. The summed E-state index contributed by atoms with van der Waals surface area (Å²) in [7, 11) is 3.53. The van der Waals surface area contributed by atoms with E-state index in [0.29, 0.717) is 6.04 Å². The minimum Gasteiger partial charge on any atom is -0.383 e. The van der Waals surface area contributed by atoms with Crippen LogP contribution >= 0.6 is 0 Å². The number of nitrogens with zero attached hydrogens (tertiary/aromatic N) is 1. The topological polar surface area (TPSA) is 33.7 Å². The van der Waals surface area contributed by atoms with Crippen molar-refractivity contribution in [1.82, 2.24) is 10.2 Å². The Morgan fingerprint density at radius 2 is 1.82 bits per heavy atom. The van der Waals surface area contributed by atoms with Gasteiger partial charge in [0.05, 0.1) is 13.2 Å². The molecule has 1 N–H and O–H groups in total. The van der Waals surface area contributed by atoms with Crippen LogP contribution in [0, 0.1) is 5.92 Å². The molecule has 0 bridgehead atoms. The zero-order valence-electron chi connectivity index (χ0n) is 11.6. The SMILES string of the molecule is COCCN(CCOC)CC1CCNC(C)C1. The Kier molecular flexibility index (Phi) is 7.77. The fourth-order valence-electron chi connectivity index (χ4n) is 2.50. The van der Waals surface area contributed by atoms with E-state index in [9.17, 15) is 0 Å². The maximum absolute atomic E-state index is 5.17. The van der Waals surface area contributed by atoms with Gasteiger partial charge >= 0.3 is 0 Å². The Morgan fingerprint density at radius 3 is 2.35 bits per heavy atom. The summed E-state index contributed by atoms with van der Waals surface area (Å²) >= 11 is 0. The molecule has 0 aromatic carbocycles. The highest BCUT2D eigenvalue weighted by molar-refractivity contribution is 4.77. The number of piperidine rings is 1. The Morgan fingerprint density at radius 1 is 1.18 bits per heavy atom. The summed E-state index contributed by atoms with van der Waals surface area (Å²) in [4.78, 5) is 2.47. The lowest BCUT2D eigenvalue weighted by Crippen LogP contribution is -2.42. The predicted octanol–water partition coefficient (Wildman–Crippen LogP) is 0.969. The zero-order valence-corrected chi connectivity index (χ0v) is 11.6. The molecule has 0 aromatic heterocycles. The number of rotatable bonds is 8. The number of methoxy groups -OCH3 is 2. The van der Waals surface area contributed by atoms with Crippen LogP contribution < -0.4 is 5.32 Å².